The van der Waals surface area contributed by atoms with E-state index in [1.165, 1.54) is 11.1 Å². The third kappa shape index (κ3) is 6.24. The molecule has 0 saturated heterocycles. The molecular weight excluding hydrogens is 552 g/mol. The number of hydrogen-bond donors (Lipinski definition) is 0. The lowest BCUT2D eigenvalue weighted by Crippen LogP contribution is -1.77. The molecule has 4 aromatic heterocycles. The van der Waals surface area contributed by atoms with Crippen molar-refractivity contribution in [3.63, 3.8) is 0 Å². The van der Waals surface area contributed by atoms with Crippen LogP contribution >= 0.6 is 0 Å². The van der Waals surface area contributed by atoms with Gasteiger partial charge in [-0.05, 0) is 44.2 Å². The van der Waals surface area contributed by atoms with Gasteiger partial charge in [0.2, 0.25) is 11.8 Å². The summed E-state index contributed by atoms with van der Waals surface area (Å²) in [5.41, 5.74) is 10.4. The Morgan fingerprint density at radius 3 is 1.20 bits per heavy atom. The van der Waals surface area contributed by atoms with Gasteiger partial charge in [-0.15, -0.1) is 0 Å². The van der Waals surface area contributed by atoms with Gasteiger partial charge in [0, 0.05) is 43.2 Å². The Hall–Kier alpha value is -5.24. The predicted octanol–water partition coefficient (Wildman–Crippen LogP) is 11.1. The molecule has 0 amide bonds. The van der Waals surface area contributed by atoms with Gasteiger partial charge in [0.05, 0.1) is 0 Å². The maximum atomic E-state index is 5.82. The zero-order valence-corrected chi connectivity index (χ0v) is 22.4. The fourth-order valence-electron chi connectivity index (χ4n) is 4.57. The lowest BCUT2D eigenvalue weighted by Gasteiger charge is -1.95. The molecule has 8 heteroatoms. The van der Waals surface area contributed by atoms with Crippen molar-refractivity contribution >= 4 is 44.4 Å². The summed E-state index contributed by atoms with van der Waals surface area (Å²) >= 11 is 0. The van der Waals surface area contributed by atoms with Gasteiger partial charge in [0.25, 0.3) is 0 Å². The molecule has 0 aliphatic heterocycles. The van der Waals surface area contributed by atoms with Gasteiger partial charge < -0.3 is 17.7 Å². The van der Waals surface area contributed by atoms with E-state index in [4.69, 9.17) is 17.7 Å². The minimum absolute atomic E-state index is 0. The van der Waals surface area contributed by atoms with Crippen molar-refractivity contribution in [1.82, 2.24) is 19.9 Å². The molecule has 0 N–H and O–H groups in total. The predicted molar refractivity (Wildman–Crippen MR) is 180 cm³/mol. The van der Waals surface area contributed by atoms with Crippen LogP contribution in [0.2, 0.25) is 0 Å². The Balaban J connectivity index is 0.000000220. The van der Waals surface area contributed by atoms with Crippen LogP contribution in [0.3, 0.4) is 0 Å². The molecule has 8 nitrogen and oxygen atoms in total. The molecule has 44 heavy (non-hydrogen) atoms. The summed E-state index contributed by atoms with van der Waals surface area (Å²) < 4.78 is 22.7. The Labute approximate surface area is 257 Å². The van der Waals surface area contributed by atoms with Crippen molar-refractivity contribution in [3.05, 3.63) is 95.7 Å². The number of aryl methyl sites for hydroxylation is 4. The highest BCUT2D eigenvalue weighted by atomic mass is 16.4. The van der Waals surface area contributed by atoms with Crippen LogP contribution in [0.15, 0.2) is 90.5 Å². The summed E-state index contributed by atoms with van der Waals surface area (Å²) in [5, 5.41) is 0. The van der Waals surface area contributed by atoms with Crippen molar-refractivity contribution in [3.8, 4) is 22.9 Å². The van der Waals surface area contributed by atoms with E-state index in [2.05, 4.69) is 33.8 Å². The Kier molecular flexibility index (Phi) is 9.79. The number of oxazole rings is 4. The second kappa shape index (κ2) is 13.0. The Morgan fingerprint density at radius 2 is 0.727 bits per heavy atom. The molecule has 0 bridgehead atoms. The van der Waals surface area contributed by atoms with Crippen LogP contribution < -0.4 is 0 Å². The molecule has 0 spiro atoms. The molecule has 0 fully saturated rings. The fraction of sp³-hybridized carbons (Fsp3) is 0.222. The quantitative estimate of drug-likeness (QED) is 0.195. The molecule has 0 saturated carbocycles. The van der Waals surface area contributed by atoms with Crippen LogP contribution in [-0.4, -0.2) is 19.9 Å². The number of rotatable bonds is 2. The molecule has 0 radical (unpaired) electrons. The van der Waals surface area contributed by atoms with E-state index in [1.54, 1.807) is 0 Å². The molecule has 228 valence electrons. The number of hydrogen-bond acceptors (Lipinski definition) is 8. The summed E-state index contributed by atoms with van der Waals surface area (Å²) in [4.78, 5) is 17.7. The SMILES string of the molecule is C.C.C.C.Cc1ccc(-c2nc3cc4nc(C)oc4cc3o2)cc1.Cc1ccc(-c2nc3cc4oc(C)nc4cc3o2)cc1. The van der Waals surface area contributed by atoms with Gasteiger partial charge in [0.1, 0.15) is 22.1 Å². The van der Waals surface area contributed by atoms with Crippen molar-refractivity contribution in [1.29, 1.82) is 0 Å². The standard InChI is InChI=1S/2C16H12N2O2.4CH4/c1-9-3-5-11(6-4-9)16-18-13-8-14-12(7-15(13)20-16)17-10(2)19-14;1-9-3-5-11(6-4-9)16-18-13-7-12-14(8-15(13)20-16)19-10(2)17-12;;;;/h2*3-8H,1-2H3;4*1H4. The molecule has 0 aliphatic rings. The largest absolute Gasteiger partial charge is 0.441 e. The smallest absolute Gasteiger partial charge is 0.227 e. The highest BCUT2D eigenvalue weighted by molar-refractivity contribution is 5.91. The average Bonchev–Trinajstić information content (AvgIpc) is 3.70. The van der Waals surface area contributed by atoms with E-state index in [0.717, 1.165) is 49.9 Å². The van der Waals surface area contributed by atoms with Gasteiger partial charge in [-0.25, -0.2) is 19.9 Å². The molecule has 4 aromatic carbocycles. The third-order valence-corrected chi connectivity index (χ3v) is 6.61. The molecule has 0 atom stereocenters. The first-order valence-electron chi connectivity index (χ1n) is 12.9. The van der Waals surface area contributed by atoms with Crippen molar-refractivity contribution < 1.29 is 17.7 Å². The summed E-state index contributed by atoms with van der Waals surface area (Å²) in [6, 6.07) is 23.7. The van der Waals surface area contributed by atoms with E-state index >= 15 is 0 Å². The van der Waals surface area contributed by atoms with Crippen LogP contribution in [0.5, 0.6) is 0 Å². The second-order valence-corrected chi connectivity index (χ2v) is 9.81. The second-order valence-electron chi connectivity index (χ2n) is 9.81. The molecular formula is C36H40N4O4. The number of aromatic nitrogens is 4. The van der Waals surface area contributed by atoms with Crippen molar-refractivity contribution in [2.24, 2.45) is 0 Å². The lowest BCUT2D eigenvalue weighted by molar-refractivity contribution is 0.559. The minimum atomic E-state index is 0. The maximum Gasteiger partial charge on any atom is 0.227 e. The number of fused-ring (bicyclic) bond motifs is 4. The lowest BCUT2D eigenvalue weighted by atomic mass is 10.1. The first-order chi connectivity index (χ1) is 19.4. The van der Waals surface area contributed by atoms with Gasteiger partial charge in [-0.3, -0.25) is 0 Å². The van der Waals surface area contributed by atoms with Crippen LogP contribution in [0.25, 0.3) is 67.3 Å². The topological polar surface area (TPSA) is 104 Å². The van der Waals surface area contributed by atoms with Crippen molar-refractivity contribution in [2.75, 3.05) is 0 Å². The van der Waals surface area contributed by atoms with E-state index < -0.39 is 0 Å². The first-order valence-corrected chi connectivity index (χ1v) is 12.9. The van der Waals surface area contributed by atoms with E-state index in [0.29, 0.717) is 29.1 Å². The van der Waals surface area contributed by atoms with E-state index in [1.807, 2.05) is 86.6 Å². The number of nitrogens with zero attached hydrogens (tertiary/aromatic N) is 4. The zero-order chi connectivity index (χ0) is 27.4. The molecule has 8 aromatic rings. The van der Waals surface area contributed by atoms with Crippen LogP contribution in [-0.2, 0) is 0 Å². The van der Waals surface area contributed by atoms with Crippen LogP contribution in [0.4, 0.5) is 0 Å². The van der Waals surface area contributed by atoms with Gasteiger partial charge in [-0.1, -0.05) is 65.1 Å². The summed E-state index contributed by atoms with van der Waals surface area (Å²) in [5.74, 6) is 2.52. The number of benzene rings is 4. The van der Waals surface area contributed by atoms with Gasteiger partial charge in [-0.2, -0.15) is 0 Å². The monoisotopic (exact) mass is 592 g/mol. The van der Waals surface area contributed by atoms with Gasteiger partial charge in [0.15, 0.2) is 34.1 Å². The molecule has 0 aliphatic carbocycles. The van der Waals surface area contributed by atoms with Gasteiger partial charge >= 0.3 is 0 Å². The summed E-state index contributed by atoms with van der Waals surface area (Å²) in [7, 11) is 0. The third-order valence-electron chi connectivity index (χ3n) is 6.61. The zero-order valence-electron chi connectivity index (χ0n) is 22.4. The van der Waals surface area contributed by atoms with E-state index in [9.17, 15) is 0 Å². The summed E-state index contributed by atoms with van der Waals surface area (Å²) in [6.07, 6.45) is 0. The molecule has 0 unspecified atom stereocenters. The first kappa shape index (κ1) is 33.3. The fourth-order valence-corrected chi connectivity index (χ4v) is 4.57. The molecule has 8 rings (SSSR count). The molecule has 4 heterocycles. The van der Waals surface area contributed by atoms with Crippen LogP contribution in [0, 0.1) is 27.7 Å². The maximum absolute atomic E-state index is 5.82. The van der Waals surface area contributed by atoms with Crippen LogP contribution in [0.1, 0.15) is 52.6 Å². The minimum Gasteiger partial charge on any atom is -0.441 e. The van der Waals surface area contributed by atoms with E-state index in [-0.39, 0.29) is 29.7 Å². The highest BCUT2D eigenvalue weighted by Crippen LogP contribution is 2.29. The summed E-state index contributed by atoms with van der Waals surface area (Å²) in [6.45, 7) is 7.76. The highest BCUT2D eigenvalue weighted by Gasteiger charge is 2.13. The Bertz CT molecular complexity index is 1890. The Morgan fingerprint density at radius 1 is 0.386 bits per heavy atom. The normalized spacial score (nSPS) is 10.5. The average molecular weight is 593 g/mol. The van der Waals surface area contributed by atoms with Crippen molar-refractivity contribution in [2.45, 2.75) is 57.4 Å².